The van der Waals surface area contributed by atoms with Crippen LogP contribution < -0.4 is 37.9 Å². The first-order valence-electron chi connectivity index (χ1n) is 34.4. The van der Waals surface area contributed by atoms with E-state index in [2.05, 4.69) is 0 Å². The predicted molar refractivity (Wildman–Crippen MR) is 432 cm³/mol. The summed E-state index contributed by atoms with van der Waals surface area (Å²) in [4.78, 5) is 101. The van der Waals surface area contributed by atoms with Crippen molar-refractivity contribution in [3.05, 3.63) is 251 Å². The predicted octanol–water partition coefficient (Wildman–Crippen LogP) is 19.5. The van der Waals surface area contributed by atoms with Gasteiger partial charge < -0.3 is 47.4 Å². The van der Waals surface area contributed by atoms with Crippen LogP contribution in [0.4, 0.5) is 0 Å². The van der Waals surface area contributed by atoms with Crippen LogP contribution in [-0.2, 0) is 38.2 Å². The van der Waals surface area contributed by atoms with E-state index in [-0.39, 0.29) is 93.6 Å². The number of carbonyl (C=O) groups excluding carboxylic acids is 8. The maximum Gasteiger partial charge on any atom is 0.343 e. The summed E-state index contributed by atoms with van der Waals surface area (Å²) in [5.41, 5.74) is 3.20. The first kappa shape index (κ1) is 97.6. The highest BCUT2D eigenvalue weighted by molar-refractivity contribution is 5.92. The third-order valence-corrected chi connectivity index (χ3v) is 16.4. The van der Waals surface area contributed by atoms with Crippen molar-refractivity contribution in [3.63, 3.8) is 0 Å². The van der Waals surface area contributed by atoms with Crippen LogP contribution in [0.5, 0.6) is 46.0 Å². The minimum atomic E-state index is -0.955. The van der Waals surface area contributed by atoms with E-state index in [9.17, 15) is 38.4 Å². The molecule has 0 aromatic heterocycles. The van der Waals surface area contributed by atoms with Crippen LogP contribution in [0.2, 0.25) is 0 Å². The number of hydrogen-bond acceptors (Lipinski definition) is 22. The van der Waals surface area contributed by atoms with E-state index in [0.717, 1.165) is 11.1 Å². The van der Waals surface area contributed by atoms with Gasteiger partial charge in [0.05, 0.1) is 107 Å². The normalized spacial score (nSPS) is 11.4. The summed E-state index contributed by atoms with van der Waals surface area (Å²) >= 11 is 0. The molecule has 0 heterocycles. The van der Waals surface area contributed by atoms with E-state index < -0.39 is 70.9 Å². The molecule has 8 aromatic carbocycles. The number of benzene rings is 8. The molecule has 594 valence electrons. The van der Waals surface area contributed by atoms with Gasteiger partial charge in [0.2, 0.25) is 0 Å². The molecule has 0 N–H and O–H groups in total. The topological polar surface area (TPSA) is 324 Å². The van der Waals surface area contributed by atoms with E-state index in [4.69, 9.17) is 68.4 Å². The number of nitriles is 4. The van der Waals surface area contributed by atoms with E-state index in [1.54, 1.807) is 179 Å². The lowest BCUT2D eigenvalue weighted by atomic mass is 9.79. The van der Waals surface area contributed by atoms with Crippen LogP contribution >= 0.6 is 0 Å². The van der Waals surface area contributed by atoms with Crippen LogP contribution in [0, 0.1) is 68.5 Å². The number of unbranched alkanes of at least 4 members (excludes halogenated alkanes) is 2. The Labute approximate surface area is 664 Å². The molecule has 0 amide bonds. The lowest BCUT2D eigenvalue weighted by Crippen LogP contribution is -2.35. The zero-order valence-corrected chi connectivity index (χ0v) is 59.6. The van der Waals surface area contributed by atoms with Gasteiger partial charge in [0.1, 0.15) is 46.0 Å². The second-order valence-electron chi connectivity index (χ2n) is 24.5. The molecule has 8 rings (SSSR count). The van der Waals surface area contributed by atoms with Gasteiger partial charge in [-0.2, -0.15) is 21.0 Å². The molecule has 8 aromatic rings. The van der Waals surface area contributed by atoms with Crippen molar-refractivity contribution in [2.45, 2.75) is 131 Å². The first-order chi connectivity index (χ1) is 51.7. The van der Waals surface area contributed by atoms with Crippen molar-refractivity contribution in [3.8, 4) is 70.3 Å². The lowest BCUT2D eigenvalue weighted by molar-refractivity contribution is -0.153. The fourth-order valence-electron chi connectivity index (χ4n) is 9.95. The molecular weight excluding hydrogens is 1440 g/mol. The summed E-state index contributed by atoms with van der Waals surface area (Å²) in [5.74, 6) is -2.73. The fraction of sp³-hybridized carbons (Fsp3) is 0.297. The average molecular weight is 1540 g/mol. The van der Waals surface area contributed by atoms with Crippen molar-refractivity contribution in [2.24, 2.45) is 23.2 Å². The highest BCUT2D eigenvalue weighted by Crippen LogP contribution is 2.34. The summed E-state index contributed by atoms with van der Waals surface area (Å²) in [7, 11) is 0. The highest BCUT2D eigenvalue weighted by Gasteiger charge is 2.37. The molecule has 0 aliphatic heterocycles. The minimum Gasteiger partial charge on any atom is -0.494 e. The third-order valence-electron chi connectivity index (χ3n) is 16.4. The Morgan fingerprint density at radius 3 is 1.02 bits per heavy atom. The molecule has 0 spiro atoms. The van der Waals surface area contributed by atoms with Crippen LogP contribution in [0.15, 0.2) is 206 Å². The van der Waals surface area contributed by atoms with Crippen molar-refractivity contribution in [1.82, 2.24) is 0 Å². The quantitative estimate of drug-likeness (QED) is 0.0156. The third kappa shape index (κ3) is 33.1. The molecule has 0 aliphatic rings. The summed E-state index contributed by atoms with van der Waals surface area (Å²) in [6.07, 6.45) is 9.47. The molecule has 22 nitrogen and oxygen atoms in total. The maximum atomic E-state index is 13.2. The zero-order chi connectivity index (χ0) is 76.9. The van der Waals surface area contributed by atoms with Gasteiger partial charge in [-0.05, 0) is 251 Å². The minimum absolute atomic E-state index is 0. The summed E-state index contributed by atoms with van der Waals surface area (Å²) in [6, 6.07) is 59.2. The fourth-order valence-corrected chi connectivity index (χ4v) is 9.95. The molecule has 0 fully saturated rings. The molecule has 0 radical (unpaired) electrons. The monoisotopic (exact) mass is 1540 g/mol. The molecule has 4 unspecified atom stereocenters. The molecule has 113 heavy (non-hydrogen) atoms. The van der Waals surface area contributed by atoms with Gasteiger partial charge in [-0.15, -0.1) is 0 Å². The van der Waals surface area contributed by atoms with Crippen molar-refractivity contribution in [1.29, 1.82) is 21.0 Å². The Kier molecular flexibility index (Phi) is 44.1. The van der Waals surface area contributed by atoms with Crippen molar-refractivity contribution < 1.29 is 85.7 Å². The van der Waals surface area contributed by atoms with Crippen LogP contribution in [0.25, 0.3) is 12.2 Å². The number of ether oxygens (including phenoxy) is 10. The van der Waals surface area contributed by atoms with Gasteiger partial charge in [0.15, 0.2) is 0 Å². The first-order valence-corrected chi connectivity index (χ1v) is 34.4. The second-order valence-corrected chi connectivity index (χ2v) is 24.5. The maximum absolute atomic E-state index is 13.2. The molecule has 0 saturated heterocycles. The Bertz CT molecular complexity index is 4550. The second kappa shape index (κ2) is 51.0. The Balaban J connectivity index is 0.00000107. The average Bonchev–Trinajstić information content (AvgIpc) is 0.827. The summed E-state index contributed by atoms with van der Waals surface area (Å²) < 4.78 is 54.8. The largest absolute Gasteiger partial charge is 0.494 e. The smallest absolute Gasteiger partial charge is 0.343 e. The standard InChI is InChI=1S/C43H40N2O9.C42H38N2O9.6CH4/c1-4-43(3,42(49)54-38-22-20-36(21-23-38)52-39(46)24-13-31-7-9-32(28-44)10-8-31)27-30(2)40(47)51-26-6-5-25-50-35-18-14-34(15-19-35)41(48)53-37-16-11-33(29-45)12-17-37;1-3-33(41(47)52-38-21-19-36(20-22-38)51-39(45)23-12-30-6-8-31(27-43)9-7-30)26-29(2)40(46)50-25-5-4-24-49-35-17-13-34(14-18-35)42(48)53-37-15-10-32(28-44)11-16-37;;;;;;/h7-24,30H,4-6,25-27H2,1-3H3;6-23,29,33H,3-5,24-26H2,1-2H3;6*1H4/b24-13+;23-12+;;;;;;. The summed E-state index contributed by atoms with van der Waals surface area (Å²) in [5, 5.41) is 35.5. The van der Waals surface area contributed by atoms with E-state index in [1.165, 1.54) is 60.7 Å². The summed E-state index contributed by atoms with van der Waals surface area (Å²) in [6.45, 7) is 10.0. The molecule has 4 atom stereocenters. The van der Waals surface area contributed by atoms with Crippen LogP contribution in [0.1, 0.15) is 185 Å². The van der Waals surface area contributed by atoms with Gasteiger partial charge >= 0.3 is 47.8 Å². The Morgan fingerprint density at radius 2 is 0.673 bits per heavy atom. The van der Waals surface area contributed by atoms with Crippen LogP contribution in [0.3, 0.4) is 0 Å². The van der Waals surface area contributed by atoms with Gasteiger partial charge in [-0.1, -0.05) is 96.5 Å². The molecule has 0 bridgehead atoms. The number of rotatable bonds is 34. The van der Waals surface area contributed by atoms with Gasteiger partial charge in [-0.25, -0.2) is 19.2 Å². The Morgan fingerprint density at radius 1 is 0.372 bits per heavy atom. The molecule has 0 aliphatic carbocycles. The SMILES string of the molecule is C.C.C.C.C.C.CCC(C)(CC(C)C(=O)OCCCCOc1ccc(C(=O)Oc2ccc(C#N)cc2)cc1)C(=O)Oc1ccc(OC(=O)/C=C/c2ccc(C#N)cc2)cc1.CCC(CC(C)C(=O)OCCCCOc1ccc(C(=O)Oc2ccc(C#N)cc2)cc1)C(=O)Oc1ccc(OC(=O)/C=C/c2ccc(C#N)cc2)cc1. The number of carbonyl (C=O) groups is 8. The van der Waals surface area contributed by atoms with Gasteiger partial charge in [0, 0.05) is 12.2 Å². The molecular formula is C91H102N4O18. The van der Waals surface area contributed by atoms with Gasteiger partial charge in [0.25, 0.3) is 0 Å². The van der Waals surface area contributed by atoms with Crippen LogP contribution in [-0.4, -0.2) is 74.2 Å². The van der Waals surface area contributed by atoms with Crippen molar-refractivity contribution >= 4 is 59.9 Å². The number of hydrogen-bond donors (Lipinski definition) is 0. The zero-order valence-electron chi connectivity index (χ0n) is 59.6. The van der Waals surface area contributed by atoms with E-state index >= 15 is 0 Å². The highest BCUT2D eigenvalue weighted by atomic mass is 16.6. The van der Waals surface area contributed by atoms with Crippen molar-refractivity contribution in [2.75, 3.05) is 26.4 Å². The van der Waals surface area contributed by atoms with E-state index in [0.29, 0.717) is 108 Å². The number of nitrogens with zero attached hydrogens (tertiary/aromatic N) is 4. The lowest BCUT2D eigenvalue weighted by Gasteiger charge is -2.28. The molecule has 22 heteroatoms. The van der Waals surface area contributed by atoms with Gasteiger partial charge in [-0.3, -0.25) is 19.2 Å². The van der Waals surface area contributed by atoms with E-state index in [1.807, 2.05) is 38.1 Å². The number of esters is 8. The molecule has 0 saturated carbocycles. The Hall–Kier alpha value is -13.4.